The number of nitrogens with zero attached hydrogens (tertiary/aromatic N) is 2. The number of halogens is 1. The number of aliphatic imine (C=N–C) groups is 1. The van der Waals surface area contributed by atoms with E-state index in [4.69, 9.17) is 16.6 Å². The molecule has 27 heavy (non-hydrogen) atoms. The van der Waals surface area contributed by atoms with Crippen LogP contribution in [0.2, 0.25) is 5.02 Å². The molecule has 4 rings (SSSR count). The molecular weight excluding hydrogens is 380 g/mol. The molecule has 2 N–H and O–H groups in total. The van der Waals surface area contributed by atoms with Crippen LogP contribution in [0.4, 0.5) is 5.69 Å². The summed E-state index contributed by atoms with van der Waals surface area (Å²) in [6.07, 6.45) is -0.229. The number of amidine groups is 1. The van der Waals surface area contributed by atoms with E-state index >= 15 is 0 Å². The van der Waals surface area contributed by atoms with Crippen LogP contribution in [0.25, 0.3) is 0 Å². The summed E-state index contributed by atoms with van der Waals surface area (Å²) in [5.74, 6) is 0.580. The highest BCUT2D eigenvalue weighted by Crippen LogP contribution is 2.34. The van der Waals surface area contributed by atoms with E-state index in [0.717, 1.165) is 17.0 Å². The first-order valence-electron chi connectivity index (χ1n) is 8.89. The van der Waals surface area contributed by atoms with Crippen LogP contribution in [0.3, 0.4) is 0 Å². The topological polar surface area (TPSA) is 56.7 Å². The predicted molar refractivity (Wildman–Crippen MR) is 112 cm³/mol. The monoisotopic (exact) mass is 400 g/mol. The minimum atomic E-state index is -0.229. The molecule has 2 unspecified atom stereocenters. The fraction of sp³-hybridized carbons (Fsp3) is 0.300. The van der Waals surface area contributed by atoms with Gasteiger partial charge in [0.2, 0.25) is 5.91 Å². The van der Waals surface area contributed by atoms with Crippen molar-refractivity contribution in [1.29, 1.82) is 0 Å². The van der Waals surface area contributed by atoms with Crippen LogP contribution in [-0.4, -0.2) is 23.8 Å². The molecule has 1 fully saturated rings. The number of hydrogen-bond acceptors (Lipinski definition) is 5. The second kappa shape index (κ2) is 7.64. The molecule has 0 radical (unpaired) electrons. The van der Waals surface area contributed by atoms with Gasteiger partial charge in [0.1, 0.15) is 6.17 Å². The Kier molecular flexibility index (Phi) is 5.23. The molecule has 0 bridgehead atoms. The fourth-order valence-corrected chi connectivity index (χ4v) is 4.63. The molecule has 2 heterocycles. The first-order chi connectivity index (χ1) is 13.1. The second-order valence-corrected chi connectivity index (χ2v) is 8.11. The SMILES string of the molecule is Cc1ccccc1CSC1=NC2NNCC2C(=O)N1c1cccc(Cl)c1C. The Bertz CT molecular complexity index is 917. The Hall–Kier alpha value is -1.86. The largest absolute Gasteiger partial charge is 0.274 e. The van der Waals surface area contributed by atoms with Crippen molar-refractivity contribution in [1.82, 2.24) is 10.9 Å². The lowest BCUT2D eigenvalue weighted by atomic mass is 10.0. The number of thioether (sulfide) groups is 1. The van der Waals surface area contributed by atoms with Gasteiger partial charge in [0.15, 0.2) is 5.17 Å². The first kappa shape index (κ1) is 18.5. The molecule has 140 valence electrons. The molecule has 2 aliphatic rings. The lowest BCUT2D eigenvalue weighted by molar-refractivity contribution is -0.121. The third kappa shape index (κ3) is 3.50. The van der Waals surface area contributed by atoms with E-state index < -0.39 is 0 Å². The molecule has 5 nitrogen and oxygen atoms in total. The first-order valence-corrected chi connectivity index (χ1v) is 10.2. The minimum Gasteiger partial charge on any atom is -0.274 e. The molecule has 0 aliphatic carbocycles. The number of aryl methyl sites for hydroxylation is 1. The molecule has 2 aromatic rings. The van der Waals surface area contributed by atoms with Gasteiger partial charge in [-0.25, -0.2) is 10.4 Å². The van der Waals surface area contributed by atoms with Crippen molar-refractivity contribution in [3.63, 3.8) is 0 Å². The third-order valence-electron chi connectivity index (χ3n) is 5.03. The summed E-state index contributed by atoms with van der Waals surface area (Å²) in [4.78, 5) is 19.8. The van der Waals surface area contributed by atoms with Crippen LogP contribution in [0, 0.1) is 19.8 Å². The molecule has 0 aromatic heterocycles. The number of carbonyl (C=O) groups excluding carboxylic acids is 1. The maximum Gasteiger partial charge on any atom is 0.241 e. The molecule has 7 heteroatoms. The number of carbonyl (C=O) groups is 1. The summed E-state index contributed by atoms with van der Waals surface area (Å²) in [5, 5.41) is 1.35. The van der Waals surface area contributed by atoms with Gasteiger partial charge in [-0.3, -0.25) is 15.1 Å². The highest BCUT2D eigenvalue weighted by Gasteiger charge is 2.42. The van der Waals surface area contributed by atoms with Gasteiger partial charge < -0.3 is 0 Å². The maximum atomic E-state index is 13.3. The number of benzene rings is 2. The lowest BCUT2D eigenvalue weighted by Gasteiger charge is -2.33. The van der Waals surface area contributed by atoms with Crippen molar-refractivity contribution in [3.05, 3.63) is 64.2 Å². The predicted octanol–water partition coefficient (Wildman–Crippen LogP) is 3.64. The molecule has 1 saturated heterocycles. The summed E-state index contributed by atoms with van der Waals surface area (Å²) < 4.78 is 0. The number of nitrogens with one attached hydrogen (secondary N) is 2. The van der Waals surface area contributed by atoms with Gasteiger partial charge in [-0.05, 0) is 42.7 Å². The zero-order valence-corrected chi connectivity index (χ0v) is 16.8. The minimum absolute atomic E-state index is 0.0464. The Labute approximate surface area is 168 Å². The standard InChI is InChI=1S/C20H21ClN4OS/c1-12-6-3-4-7-14(12)11-27-20-23-18-15(10-22-24-18)19(26)25(20)17-9-5-8-16(21)13(17)2/h3-9,15,18,22,24H,10-11H2,1-2H3. The molecule has 1 amide bonds. The summed E-state index contributed by atoms with van der Waals surface area (Å²) in [6, 6.07) is 13.9. The summed E-state index contributed by atoms with van der Waals surface area (Å²) in [5.41, 5.74) is 10.3. The fourth-order valence-electron chi connectivity index (χ4n) is 3.34. The van der Waals surface area contributed by atoms with Gasteiger partial charge in [0, 0.05) is 17.3 Å². The van der Waals surface area contributed by atoms with Gasteiger partial charge in [0.25, 0.3) is 0 Å². The Morgan fingerprint density at radius 2 is 2.04 bits per heavy atom. The Morgan fingerprint density at radius 3 is 2.85 bits per heavy atom. The molecule has 2 aromatic carbocycles. The number of hydrazine groups is 1. The van der Waals surface area contributed by atoms with E-state index in [1.54, 1.807) is 16.7 Å². The van der Waals surface area contributed by atoms with Gasteiger partial charge in [-0.2, -0.15) is 0 Å². The van der Waals surface area contributed by atoms with Crippen LogP contribution in [-0.2, 0) is 10.5 Å². The maximum absolute atomic E-state index is 13.3. The number of fused-ring (bicyclic) bond motifs is 1. The molecule has 2 atom stereocenters. The number of rotatable bonds is 3. The number of amides is 1. The van der Waals surface area contributed by atoms with Gasteiger partial charge in [-0.15, -0.1) is 0 Å². The van der Waals surface area contributed by atoms with E-state index in [9.17, 15) is 4.79 Å². The normalized spacial score (nSPS) is 22.0. The number of anilines is 1. The van der Waals surface area contributed by atoms with Crippen LogP contribution in [0.1, 0.15) is 16.7 Å². The zero-order valence-electron chi connectivity index (χ0n) is 15.2. The van der Waals surface area contributed by atoms with Crippen molar-refractivity contribution in [3.8, 4) is 0 Å². The number of hydrogen-bond donors (Lipinski definition) is 2. The van der Waals surface area contributed by atoms with Crippen molar-refractivity contribution in [2.45, 2.75) is 25.8 Å². The van der Waals surface area contributed by atoms with Crippen LogP contribution < -0.4 is 15.8 Å². The molecule has 0 spiro atoms. The second-order valence-electron chi connectivity index (χ2n) is 6.76. The van der Waals surface area contributed by atoms with Crippen LogP contribution >= 0.6 is 23.4 Å². The quantitative estimate of drug-likeness (QED) is 0.825. The van der Waals surface area contributed by atoms with Gasteiger partial charge in [0.05, 0.1) is 11.6 Å². The van der Waals surface area contributed by atoms with Crippen molar-refractivity contribution in [2.24, 2.45) is 10.9 Å². The van der Waals surface area contributed by atoms with Gasteiger partial charge >= 0.3 is 0 Å². The van der Waals surface area contributed by atoms with Crippen LogP contribution in [0.15, 0.2) is 47.5 Å². The van der Waals surface area contributed by atoms with E-state index in [-0.39, 0.29) is 18.0 Å². The summed E-state index contributed by atoms with van der Waals surface area (Å²) >= 11 is 7.90. The van der Waals surface area contributed by atoms with E-state index in [1.165, 1.54) is 11.1 Å². The van der Waals surface area contributed by atoms with E-state index in [0.29, 0.717) is 16.7 Å². The molecule has 0 saturated carbocycles. The van der Waals surface area contributed by atoms with Crippen LogP contribution in [0.5, 0.6) is 0 Å². The molecule has 2 aliphatic heterocycles. The van der Waals surface area contributed by atoms with E-state index in [2.05, 4.69) is 29.9 Å². The zero-order chi connectivity index (χ0) is 19.0. The smallest absolute Gasteiger partial charge is 0.241 e. The average molecular weight is 401 g/mol. The van der Waals surface area contributed by atoms with Gasteiger partial charge in [-0.1, -0.05) is 53.7 Å². The molecular formula is C20H21ClN4OS. The van der Waals surface area contributed by atoms with Crippen molar-refractivity contribution in [2.75, 3.05) is 11.4 Å². The average Bonchev–Trinajstić information content (AvgIpc) is 3.13. The highest BCUT2D eigenvalue weighted by molar-refractivity contribution is 8.13. The summed E-state index contributed by atoms with van der Waals surface area (Å²) in [7, 11) is 0. The van der Waals surface area contributed by atoms with Crippen molar-refractivity contribution < 1.29 is 4.79 Å². The Morgan fingerprint density at radius 1 is 1.22 bits per heavy atom. The Balaban J connectivity index is 1.70. The van der Waals surface area contributed by atoms with E-state index in [1.807, 2.05) is 37.3 Å². The lowest BCUT2D eigenvalue weighted by Crippen LogP contribution is -2.49. The third-order valence-corrected chi connectivity index (χ3v) is 6.44. The van der Waals surface area contributed by atoms with Crippen molar-refractivity contribution >= 4 is 40.1 Å². The summed E-state index contributed by atoms with van der Waals surface area (Å²) in [6.45, 7) is 4.60. The highest BCUT2D eigenvalue weighted by atomic mass is 35.5.